The van der Waals surface area contributed by atoms with Crippen LogP contribution in [0.15, 0.2) is 18.3 Å². The van der Waals surface area contributed by atoms with Crippen molar-refractivity contribution in [2.24, 2.45) is 5.92 Å². The Morgan fingerprint density at radius 1 is 1.38 bits per heavy atom. The number of nitrogens with one attached hydrogen (secondary N) is 1. The number of likely N-dealkylation sites (tertiary alicyclic amines) is 1. The number of hydrogen-bond acceptors (Lipinski definition) is 3. The molecule has 6 heteroatoms. The highest BCUT2D eigenvalue weighted by molar-refractivity contribution is 5.93. The summed E-state index contributed by atoms with van der Waals surface area (Å²) in [7, 11) is 1.99. The van der Waals surface area contributed by atoms with Crippen molar-refractivity contribution in [3.63, 3.8) is 0 Å². The quantitative estimate of drug-likeness (QED) is 0.921. The number of rotatable bonds is 4. The summed E-state index contributed by atoms with van der Waals surface area (Å²) in [6.07, 6.45) is 5.12. The Kier molecular flexibility index (Phi) is 9.58. The van der Waals surface area contributed by atoms with Crippen LogP contribution in [0.4, 0.5) is 0 Å². The van der Waals surface area contributed by atoms with Gasteiger partial charge in [-0.15, -0.1) is 24.8 Å². The average molecular weight is 334 g/mol. The first kappa shape index (κ1) is 20.2. The van der Waals surface area contributed by atoms with E-state index in [0.717, 1.165) is 44.0 Å². The van der Waals surface area contributed by atoms with Gasteiger partial charge in [0, 0.05) is 19.3 Å². The first-order valence-corrected chi connectivity index (χ1v) is 7.08. The number of aromatic nitrogens is 1. The fourth-order valence-corrected chi connectivity index (χ4v) is 2.63. The van der Waals surface area contributed by atoms with Gasteiger partial charge >= 0.3 is 0 Å². The van der Waals surface area contributed by atoms with E-state index in [-0.39, 0.29) is 30.7 Å². The summed E-state index contributed by atoms with van der Waals surface area (Å²) in [6, 6.07) is 3.82. The van der Waals surface area contributed by atoms with Crippen molar-refractivity contribution >= 4 is 30.7 Å². The normalized spacial score (nSPS) is 15.0. The van der Waals surface area contributed by atoms with E-state index in [1.54, 1.807) is 6.20 Å². The van der Waals surface area contributed by atoms with E-state index in [0.29, 0.717) is 5.69 Å². The Hall–Kier alpha value is -0.840. The third kappa shape index (κ3) is 5.46. The summed E-state index contributed by atoms with van der Waals surface area (Å²) in [5, 5.41) is 3.19. The number of carbonyl (C=O) groups excluding carboxylic acids is 1. The SMILES string of the molecule is CNCCC1CCN(C(=O)c2ncccc2C)CC1.Cl.Cl. The summed E-state index contributed by atoms with van der Waals surface area (Å²) < 4.78 is 0. The fourth-order valence-electron chi connectivity index (χ4n) is 2.63. The molecule has 1 amide bonds. The minimum absolute atomic E-state index is 0. The largest absolute Gasteiger partial charge is 0.337 e. The summed E-state index contributed by atoms with van der Waals surface area (Å²) in [5.41, 5.74) is 1.57. The zero-order chi connectivity index (χ0) is 13.7. The van der Waals surface area contributed by atoms with Gasteiger partial charge in [0.05, 0.1) is 0 Å². The van der Waals surface area contributed by atoms with Gasteiger partial charge in [0.15, 0.2) is 0 Å². The van der Waals surface area contributed by atoms with E-state index in [9.17, 15) is 4.79 Å². The van der Waals surface area contributed by atoms with Crippen LogP contribution < -0.4 is 5.32 Å². The van der Waals surface area contributed by atoms with Crippen LogP contribution in [0, 0.1) is 12.8 Å². The molecule has 0 spiro atoms. The predicted octanol–water partition coefficient (Wildman–Crippen LogP) is 2.70. The highest BCUT2D eigenvalue weighted by atomic mass is 35.5. The molecule has 4 nitrogen and oxygen atoms in total. The van der Waals surface area contributed by atoms with E-state index in [1.165, 1.54) is 6.42 Å². The molecule has 0 unspecified atom stereocenters. The monoisotopic (exact) mass is 333 g/mol. The topological polar surface area (TPSA) is 45.2 Å². The Morgan fingerprint density at radius 2 is 2.05 bits per heavy atom. The van der Waals surface area contributed by atoms with Crippen molar-refractivity contribution in [1.82, 2.24) is 15.2 Å². The van der Waals surface area contributed by atoms with E-state index in [4.69, 9.17) is 0 Å². The number of pyridine rings is 1. The molecule has 0 bridgehead atoms. The van der Waals surface area contributed by atoms with Gasteiger partial charge in [0.2, 0.25) is 0 Å². The van der Waals surface area contributed by atoms with Crippen molar-refractivity contribution in [3.8, 4) is 0 Å². The Labute approximate surface area is 139 Å². The molecule has 2 rings (SSSR count). The maximum atomic E-state index is 12.4. The lowest BCUT2D eigenvalue weighted by molar-refractivity contribution is 0.0680. The van der Waals surface area contributed by atoms with Gasteiger partial charge in [-0.2, -0.15) is 0 Å². The van der Waals surface area contributed by atoms with Crippen LogP contribution in [-0.4, -0.2) is 42.5 Å². The second-order valence-electron chi connectivity index (χ2n) is 5.30. The number of hydrogen-bond donors (Lipinski definition) is 1. The number of carbonyl (C=O) groups is 1. The smallest absolute Gasteiger partial charge is 0.272 e. The van der Waals surface area contributed by atoms with Gasteiger partial charge in [0.25, 0.3) is 5.91 Å². The molecular weight excluding hydrogens is 309 g/mol. The number of piperidine rings is 1. The zero-order valence-electron chi connectivity index (χ0n) is 12.7. The summed E-state index contributed by atoms with van der Waals surface area (Å²) in [6.45, 7) is 4.74. The van der Waals surface area contributed by atoms with Crippen molar-refractivity contribution < 1.29 is 4.79 Å². The van der Waals surface area contributed by atoms with Gasteiger partial charge in [-0.05, 0) is 57.3 Å². The van der Waals surface area contributed by atoms with Crippen LogP contribution in [0.2, 0.25) is 0 Å². The van der Waals surface area contributed by atoms with Gasteiger partial charge in [0.1, 0.15) is 5.69 Å². The third-order valence-corrected chi connectivity index (χ3v) is 3.92. The van der Waals surface area contributed by atoms with Crippen molar-refractivity contribution in [2.45, 2.75) is 26.2 Å². The van der Waals surface area contributed by atoms with Crippen LogP contribution in [0.5, 0.6) is 0 Å². The van der Waals surface area contributed by atoms with Gasteiger partial charge in [-0.25, -0.2) is 0 Å². The molecule has 1 saturated heterocycles. The van der Waals surface area contributed by atoms with Crippen molar-refractivity contribution in [1.29, 1.82) is 0 Å². The molecule has 1 aromatic heterocycles. The van der Waals surface area contributed by atoms with E-state index in [1.807, 2.05) is 31.0 Å². The molecule has 0 atom stereocenters. The average Bonchev–Trinajstić information content (AvgIpc) is 2.45. The summed E-state index contributed by atoms with van der Waals surface area (Å²) >= 11 is 0. The lowest BCUT2D eigenvalue weighted by Gasteiger charge is -2.32. The highest BCUT2D eigenvalue weighted by Gasteiger charge is 2.24. The van der Waals surface area contributed by atoms with Crippen LogP contribution >= 0.6 is 24.8 Å². The molecule has 0 aromatic carbocycles. The molecule has 1 N–H and O–H groups in total. The molecule has 1 aromatic rings. The minimum atomic E-state index is 0. The first-order valence-electron chi connectivity index (χ1n) is 7.08. The highest BCUT2D eigenvalue weighted by Crippen LogP contribution is 2.21. The molecule has 0 radical (unpaired) electrons. The maximum absolute atomic E-state index is 12.4. The van der Waals surface area contributed by atoms with Gasteiger partial charge in [-0.3, -0.25) is 9.78 Å². The van der Waals surface area contributed by atoms with Crippen LogP contribution in [0.3, 0.4) is 0 Å². The van der Waals surface area contributed by atoms with Crippen LogP contribution in [0.25, 0.3) is 0 Å². The summed E-state index contributed by atoms with van der Waals surface area (Å²) in [5.74, 6) is 0.839. The Bertz CT molecular complexity index is 435. The fraction of sp³-hybridized carbons (Fsp3) is 0.600. The molecular formula is C15H25Cl2N3O. The maximum Gasteiger partial charge on any atom is 0.272 e. The van der Waals surface area contributed by atoms with Crippen LogP contribution in [0.1, 0.15) is 35.3 Å². The molecule has 21 heavy (non-hydrogen) atoms. The number of aryl methyl sites for hydroxylation is 1. The number of nitrogens with zero attached hydrogens (tertiary/aromatic N) is 2. The van der Waals surface area contributed by atoms with E-state index >= 15 is 0 Å². The molecule has 0 aliphatic carbocycles. The number of amides is 1. The van der Waals surface area contributed by atoms with Gasteiger partial charge in [-0.1, -0.05) is 6.07 Å². The van der Waals surface area contributed by atoms with Gasteiger partial charge < -0.3 is 10.2 Å². The Balaban J connectivity index is 0.00000200. The van der Waals surface area contributed by atoms with Crippen LogP contribution in [-0.2, 0) is 0 Å². The molecule has 0 saturated carbocycles. The first-order chi connectivity index (χ1) is 9.22. The third-order valence-electron chi connectivity index (χ3n) is 3.92. The van der Waals surface area contributed by atoms with E-state index < -0.39 is 0 Å². The molecule has 1 aliphatic rings. The Morgan fingerprint density at radius 3 is 2.62 bits per heavy atom. The number of halogens is 2. The minimum Gasteiger partial charge on any atom is -0.337 e. The zero-order valence-corrected chi connectivity index (χ0v) is 14.3. The second kappa shape index (κ2) is 9.98. The lowest BCUT2D eigenvalue weighted by Crippen LogP contribution is -2.39. The summed E-state index contributed by atoms with van der Waals surface area (Å²) in [4.78, 5) is 18.6. The predicted molar refractivity (Wildman–Crippen MR) is 90.6 cm³/mol. The molecule has 2 heterocycles. The standard InChI is InChI=1S/C15H23N3O.2ClH/c1-12-4-3-8-17-14(12)15(19)18-10-6-13(7-11-18)5-9-16-2;;/h3-4,8,13,16H,5-7,9-11H2,1-2H3;2*1H. The van der Waals surface area contributed by atoms with Crippen molar-refractivity contribution in [2.75, 3.05) is 26.7 Å². The molecule has 120 valence electrons. The molecule has 1 aliphatic heterocycles. The second-order valence-corrected chi connectivity index (χ2v) is 5.30. The molecule has 1 fully saturated rings. The van der Waals surface area contributed by atoms with Crippen molar-refractivity contribution in [3.05, 3.63) is 29.6 Å². The lowest BCUT2D eigenvalue weighted by atomic mass is 9.93. The van der Waals surface area contributed by atoms with E-state index in [2.05, 4.69) is 10.3 Å².